The molecule has 0 amide bonds. The molecule has 0 fully saturated rings. The van der Waals surface area contributed by atoms with Crippen molar-refractivity contribution < 1.29 is 0 Å². The summed E-state index contributed by atoms with van der Waals surface area (Å²) in [5.74, 6) is 0. The fourth-order valence-corrected chi connectivity index (χ4v) is 3.74. The van der Waals surface area contributed by atoms with E-state index in [0.29, 0.717) is 0 Å². The number of unbranched alkanes of at least 4 members (excludes halogenated alkanes) is 19. The van der Waals surface area contributed by atoms with Gasteiger partial charge in [-0.3, -0.25) is 0 Å². The second-order valence-corrected chi connectivity index (χ2v) is 10.0. The van der Waals surface area contributed by atoms with Gasteiger partial charge in [0.15, 0.2) is 0 Å². The molecule has 0 rings (SSSR count). The first-order chi connectivity index (χ1) is 16.7. The fraction of sp³-hybridized carbons (Fsp3) is 0.882. The van der Waals surface area contributed by atoms with Crippen LogP contribution >= 0.6 is 0 Å². The minimum atomic E-state index is 1.26. The summed E-state index contributed by atoms with van der Waals surface area (Å²) >= 11 is 0. The Kier molecular flexibility index (Phi) is 47.7. The molecule has 0 nitrogen and oxygen atoms in total. The Morgan fingerprint density at radius 1 is 0.235 bits per heavy atom. The van der Waals surface area contributed by atoms with Crippen molar-refractivity contribution in [1.82, 2.24) is 0 Å². The van der Waals surface area contributed by atoms with Gasteiger partial charge >= 0.3 is 0 Å². The van der Waals surface area contributed by atoms with Gasteiger partial charge in [0.1, 0.15) is 0 Å². The van der Waals surface area contributed by atoms with Gasteiger partial charge < -0.3 is 0 Å². The standard InChI is InChI=1S/C16H32.C11H22.C7H16/c1-3-5-7-9-11-13-15-16-14-12-10-8-6-4-2;1-3-5-7-9-11-10-8-6-4-2;1-3-5-7-6-4-2/h13,15H,3-12,14,16H2,1-2H3;7,9H,3-6,8,10-11H2,1-2H3;3-7H2,1-2H3/b15-13-;9-7-;. The lowest BCUT2D eigenvalue weighted by Gasteiger charge is -1.98. The molecule has 0 aromatic carbocycles. The Bertz CT molecular complexity index is 334. The van der Waals surface area contributed by atoms with E-state index in [-0.39, 0.29) is 0 Å². The number of rotatable bonds is 23. The molecule has 0 aromatic heterocycles. The Hall–Kier alpha value is -0.520. The minimum absolute atomic E-state index is 1.26. The zero-order chi connectivity index (χ0) is 25.8. The highest BCUT2D eigenvalue weighted by atomic mass is 13.9. The average Bonchev–Trinajstić information content (AvgIpc) is 2.85. The van der Waals surface area contributed by atoms with Crippen LogP contribution in [0.25, 0.3) is 0 Å². The molecule has 0 aromatic rings. The van der Waals surface area contributed by atoms with E-state index in [2.05, 4.69) is 65.8 Å². The molecule has 0 bridgehead atoms. The molecule has 0 saturated carbocycles. The van der Waals surface area contributed by atoms with Gasteiger partial charge in [-0.2, -0.15) is 0 Å². The van der Waals surface area contributed by atoms with Gasteiger partial charge in [-0.1, -0.05) is 175 Å². The van der Waals surface area contributed by atoms with Gasteiger partial charge in [0.2, 0.25) is 0 Å². The van der Waals surface area contributed by atoms with Crippen LogP contribution in [0, 0.1) is 0 Å². The maximum atomic E-state index is 2.39. The molecule has 206 valence electrons. The van der Waals surface area contributed by atoms with Crippen molar-refractivity contribution in [1.29, 1.82) is 0 Å². The summed E-state index contributed by atoms with van der Waals surface area (Å²) in [5, 5.41) is 0. The molecular weight excluding hydrogens is 408 g/mol. The van der Waals surface area contributed by atoms with Crippen LogP contribution in [-0.2, 0) is 0 Å². The highest BCUT2D eigenvalue weighted by Gasteiger charge is 1.88. The summed E-state index contributed by atoms with van der Waals surface area (Å²) < 4.78 is 0. The highest BCUT2D eigenvalue weighted by Crippen LogP contribution is 2.08. The van der Waals surface area contributed by atoms with E-state index in [1.807, 2.05) is 0 Å². The third-order valence-electron chi connectivity index (χ3n) is 6.17. The van der Waals surface area contributed by atoms with Gasteiger partial charge in [-0.05, 0) is 44.9 Å². The van der Waals surface area contributed by atoms with E-state index in [1.165, 1.54) is 154 Å². The molecule has 0 saturated heterocycles. The summed E-state index contributed by atoms with van der Waals surface area (Å²) in [6, 6.07) is 0. The first-order valence-corrected chi connectivity index (χ1v) is 16.0. The molecular formula is C34H70. The molecule has 0 spiro atoms. The SMILES string of the molecule is CCC/C=C\CCCCCC.CCCCCC/C=C\CCCCCCCC.CCCCCCC. The molecule has 0 N–H and O–H groups in total. The third-order valence-corrected chi connectivity index (χ3v) is 6.17. The van der Waals surface area contributed by atoms with Crippen molar-refractivity contribution in [2.24, 2.45) is 0 Å². The lowest BCUT2D eigenvalue weighted by molar-refractivity contribution is 0.610. The highest BCUT2D eigenvalue weighted by molar-refractivity contribution is 4.81. The van der Waals surface area contributed by atoms with Crippen LogP contribution in [0.3, 0.4) is 0 Å². The second-order valence-electron chi connectivity index (χ2n) is 10.0. The van der Waals surface area contributed by atoms with Crippen LogP contribution in [0.4, 0.5) is 0 Å². The lowest BCUT2D eigenvalue weighted by Crippen LogP contribution is -1.78. The maximum Gasteiger partial charge on any atom is -0.0351 e. The molecule has 0 radical (unpaired) electrons. The topological polar surface area (TPSA) is 0 Å². The van der Waals surface area contributed by atoms with Gasteiger partial charge in [-0.25, -0.2) is 0 Å². The van der Waals surface area contributed by atoms with Crippen LogP contribution < -0.4 is 0 Å². The van der Waals surface area contributed by atoms with Gasteiger partial charge in [0.05, 0.1) is 0 Å². The maximum absolute atomic E-state index is 2.39. The first kappa shape index (κ1) is 38.0. The summed E-state index contributed by atoms with van der Waals surface area (Å²) in [5.41, 5.74) is 0. The average molecular weight is 479 g/mol. The normalized spacial score (nSPS) is 10.9. The quantitative estimate of drug-likeness (QED) is 0.101. The predicted octanol–water partition coefficient (Wildman–Crippen LogP) is 13.6. The van der Waals surface area contributed by atoms with Crippen molar-refractivity contribution in [2.45, 2.75) is 196 Å². The molecule has 0 atom stereocenters. The largest absolute Gasteiger partial charge is 0.0885 e. The van der Waals surface area contributed by atoms with Crippen molar-refractivity contribution >= 4 is 0 Å². The van der Waals surface area contributed by atoms with Crippen molar-refractivity contribution in [3.8, 4) is 0 Å². The van der Waals surface area contributed by atoms with Crippen molar-refractivity contribution in [2.75, 3.05) is 0 Å². The van der Waals surface area contributed by atoms with Crippen molar-refractivity contribution in [3.05, 3.63) is 24.3 Å². The van der Waals surface area contributed by atoms with E-state index >= 15 is 0 Å². The summed E-state index contributed by atoms with van der Waals surface area (Å²) in [6.45, 7) is 13.5. The molecule has 0 heteroatoms. The van der Waals surface area contributed by atoms with E-state index in [0.717, 1.165) is 0 Å². The number of hydrogen-bond acceptors (Lipinski definition) is 0. The Balaban J connectivity index is -0.000000462. The molecule has 0 aliphatic rings. The molecule has 34 heavy (non-hydrogen) atoms. The van der Waals surface area contributed by atoms with Crippen LogP contribution in [-0.4, -0.2) is 0 Å². The van der Waals surface area contributed by atoms with Crippen molar-refractivity contribution in [3.63, 3.8) is 0 Å². The van der Waals surface area contributed by atoms with E-state index in [9.17, 15) is 0 Å². The molecule has 0 aliphatic heterocycles. The van der Waals surface area contributed by atoms with Gasteiger partial charge in [0.25, 0.3) is 0 Å². The third kappa shape index (κ3) is 48.8. The minimum Gasteiger partial charge on any atom is -0.0885 e. The smallest absolute Gasteiger partial charge is 0.0351 e. The molecule has 0 unspecified atom stereocenters. The van der Waals surface area contributed by atoms with E-state index in [1.54, 1.807) is 0 Å². The van der Waals surface area contributed by atoms with E-state index < -0.39 is 0 Å². The van der Waals surface area contributed by atoms with Crippen LogP contribution in [0.1, 0.15) is 196 Å². The Labute approximate surface area is 219 Å². The Morgan fingerprint density at radius 2 is 0.471 bits per heavy atom. The Morgan fingerprint density at radius 3 is 0.794 bits per heavy atom. The summed E-state index contributed by atoms with van der Waals surface area (Å²) in [4.78, 5) is 0. The summed E-state index contributed by atoms with van der Waals surface area (Å²) in [6.07, 6.45) is 42.5. The first-order valence-electron chi connectivity index (χ1n) is 16.0. The monoisotopic (exact) mass is 479 g/mol. The zero-order valence-electron chi connectivity index (χ0n) is 25.3. The number of allylic oxidation sites excluding steroid dienone is 4. The van der Waals surface area contributed by atoms with Crippen LogP contribution in [0.5, 0.6) is 0 Å². The summed E-state index contributed by atoms with van der Waals surface area (Å²) in [7, 11) is 0. The lowest BCUT2D eigenvalue weighted by atomic mass is 10.1. The fourth-order valence-electron chi connectivity index (χ4n) is 3.74. The van der Waals surface area contributed by atoms with Gasteiger partial charge in [-0.15, -0.1) is 0 Å². The molecule has 0 heterocycles. The molecule has 0 aliphatic carbocycles. The van der Waals surface area contributed by atoms with Crippen LogP contribution in [0.2, 0.25) is 0 Å². The number of hydrogen-bond donors (Lipinski definition) is 0. The van der Waals surface area contributed by atoms with Crippen LogP contribution in [0.15, 0.2) is 24.3 Å². The predicted molar refractivity (Wildman–Crippen MR) is 163 cm³/mol. The zero-order valence-corrected chi connectivity index (χ0v) is 25.3. The van der Waals surface area contributed by atoms with Gasteiger partial charge in [0, 0.05) is 0 Å². The van der Waals surface area contributed by atoms with E-state index in [4.69, 9.17) is 0 Å². The second kappa shape index (κ2) is 42.6.